The summed E-state index contributed by atoms with van der Waals surface area (Å²) in [6.07, 6.45) is 5.60. The molecule has 9 heteroatoms. The zero-order valence-electron chi connectivity index (χ0n) is 19.1. The number of imidazole rings is 1. The molecule has 2 aliphatic carbocycles. The van der Waals surface area contributed by atoms with Crippen LogP contribution in [0.15, 0.2) is 12.3 Å². The van der Waals surface area contributed by atoms with E-state index >= 15 is 0 Å². The van der Waals surface area contributed by atoms with Gasteiger partial charge in [0.15, 0.2) is 5.65 Å². The monoisotopic (exact) mass is 439 g/mol. The van der Waals surface area contributed by atoms with Crippen molar-refractivity contribution < 1.29 is 9.53 Å². The summed E-state index contributed by atoms with van der Waals surface area (Å²) >= 11 is 0. The molecule has 0 bridgehead atoms. The van der Waals surface area contributed by atoms with E-state index in [0.29, 0.717) is 36.2 Å². The summed E-state index contributed by atoms with van der Waals surface area (Å²) in [5.41, 5.74) is 9.90. The number of hydrazine groups is 1. The topological polar surface area (TPSA) is 98.4 Å². The molecule has 6 atom stereocenters. The van der Waals surface area contributed by atoms with Gasteiger partial charge in [0.1, 0.15) is 5.82 Å². The Balaban J connectivity index is 1.20. The molecule has 2 aromatic heterocycles. The average Bonchev–Trinajstić information content (AvgIpc) is 3.11. The van der Waals surface area contributed by atoms with Crippen molar-refractivity contribution in [2.75, 3.05) is 38.3 Å². The van der Waals surface area contributed by atoms with Crippen LogP contribution in [0.2, 0.25) is 0 Å². The molecule has 4 fully saturated rings. The minimum absolute atomic E-state index is 0.0620. The lowest BCUT2D eigenvalue weighted by Gasteiger charge is -2.33. The number of carbonyl (C=O) groups excluding carboxylic acids is 1. The maximum absolute atomic E-state index is 13.1. The Morgan fingerprint density at radius 3 is 2.94 bits per heavy atom. The zero-order chi connectivity index (χ0) is 22.0. The van der Waals surface area contributed by atoms with E-state index in [4.69, 9.17) is 9.72 Å². The Morgan fingerprint density at radius 2 is 2.12 bits per heavy atom. The molecule has 6 rings (SSSR count). The summed E-state index contributed by atoms with van der Waals surface area (Å²) in [5.74, 6) is 2.40. The number of morpholine rings is 1. The molecule has 172 valence electrons. The van der Waals surface area contributed by atoms with Gasteiger partial charge in [-0.15, -0.1) is 0 Å². The van der Waals surface area contributed by atoms with Gasteiger partial charge in [-0.3, -0.25) is 15.1 Å². The quantitative estimate of drug-likeness (QED) is 0.666. The van der Waals surface area contributed by atoms with Gasteiger partial charge in [0, 0.05) is 26.2 Å². The van der Waals surface area contributed by atoms with Crippen LogP contribution in [0.4, 0.5) is 5.69 Å². The zero-order valence-corrected chi connectivity index (χ0v) is 19.1. The Labute approximate surface area is 188 Å². The standard InChI is InChI=1S/C23H33N7O2/c1-13(30-4-6-32-7-5-30)22(31)29(3)15-9-17-20(24-12-15)26-21(25-17)19-16-8-14-10-23(14,2)11-18(16)27-28-19/h9,12-14,16,18-19,27-28H,4-8,10-11H2,1-3H3,(H,24,25,26)/t13-,14-,16?,18?,19?,23-/m0/s1. The number of nitrogens with zero attached hydrogens (tertiary/aromatic N) is 4. The van der Waals surface area contributed by atoms with Crippen LogP contribution < -0.4 is 15.8 Å². The number of fused-ring (bicyclic) bond motifs is 3. The van der Waals surface area contributed by atoms with Crippen molar-refractivity contribution >= 4 is 22.8 Å². The van der Waals surface area contributed by atoms with E-state index in [1.54, 1.807) is 11.1 Å². The van der Waals surface area contributed by atoms with Gasteiger partial charge in [0.2, 0.25) is 5.91 Å². The minimum atomic E-state index is -0.193. The largest absolute Gasteiger partial charge is 0.379 e. The number of likely N-dealkylation sites (N-methyl/N-ethyl adjacent to an activating group) is 1. The van der Waals surface area contributed by atoms with Gasteiger partial charge in [-0.05, 0) is 49.5 Å². The van der Waals surface area contributed by atoms with Gasteiger partial charge in [-0.25, -0.2) is 15.4 Å². The number of hydrogen-bond donors (Lipinski definition) is 3. The molecule has 4 aliphatic rings. The van der Waals surface area contributed by atoms with Crippen molar-refractivity contribution in [3.05, 3.63) is 18.1 Å². The first-order valence-electron chi connectivity index (χ1n) is 11.9. The van der Waals surface area contributed by atoms with Gasteiger partial charge in [0.25, 0.3) is 0 Å². The van der Waals surface area contributed by atoms with Crippen molar-refractivity contribution in [1.82, 2.24) is 30.7 Å². The van der Waals surface area contributed by atoms with Gasteiger partial charge >= 0.3 is 0 Å². The van der Waals surface area contributed by atoms with Crippen LogP contribution in [-0.4, -0.2) is 71.2 Å². The van der Waals surface area contributed by atoms with Crippen LogP contribution in [0, 0.1) is 17.3 Å². The molecule has 3 N–H and O–H groups in total. The predicted molar refractivity (Wildman–Crippen MR) is 121 cm³/mol. The first-order chi connectivity index (χ1) is 15.4. The molecular formula is C23H33N7O2. The molecule has 9 nitrogen and oxygen atoms in total. The van der Waals surface area contributed by atoms with E-state index in [2.05, 4.69) is 32.6 Å². The third-order valence-corrected chi connectivity index (χ3v) is 8.45. The van der Waals surface area contributed by atoms with Crippen LogP contribution in [0.3, 0.4) is 0 Å². The second-order valence-electron chi connectivity index (χ2n) is 10.4. The van der Waals surface area contributed by atoms with E-state index < -0.39 is 0 Å². The van der Waals surface area contributed by atoms with E-state index in [1.165, 1.54) is 19.3 Å². The number of nitrogens with one attached hydrogen (secondary N) is 3. The van der Waals surface area contributed by atoms with Crippen molar-refractivity contribution in [1.29, 1.82) is 0 Å². The minimum Gasteiger partial charge on any atom is -0.379 e. The van der Waals surface area contributed by atoms with Crippen LogP contribution >= 0.6 is 0 Å². The normalized spacial score (nSPS) is 35.3. The molecular weight excluding hydrogens is 406 g/mol. The maximum Gasteiger partial charge on any atom is 0.243 e. The van der Waals surface area contributed by atoms with Crippen molar-refractivity contribution in [3.8, 4) is 0 Å². The number of anilines is 1. The molecule has 3 unspecified atom stereocenters. The Bertz CT molecular complexity index is 1030. The molecule has 0 spiro atoms. The Morgan fingerprint density at radius 1 is 1.31 bits per heavy atom. The fraction of sp³-hybridized carbons (Fsp3) is 0.696. The van der Waals surface area contributed by atoms with E-state index in [0.717, 1.165) is 36.0 Å². The summed E-state index contributed by atoms with van der Waals surface area (Å²) in [4.78, 5) is 29.8. The lowest BCUT2D eigenvalue weighted by Crippen LogP contribution is -2.50. The summed E-state index contributed by atoms with van der Waals surface area (Å²) in [7, 11) is 1.82. The van der Waals surface area contributed by atoms with E-state index in [-0.39, 0.29) is 18.0 Å². The van der Waals surface area contributed by atoms with E-state index in [1.807, 2.05) is 20.0 Å². The first kappa shape index (κ1) is 20.5. The molecule has 2 saturated carbocycles. The molecule has 2 aromatic rings. The van der Waals surface area contributed by atoms with Crippen molar-refractivity contribution in [2.24, 2.45) is 17.3 Å². The number of aromatic nitrogens is 3. The highest BCUT2D eigenvalue weighted by molar-refractivity contribution is 5.97. The lowest BCUT2D eigenvalue weighted by atomic mass is 9.77. The number of H-pyrrole nitrogens is 1. The first-order valence-corrected chi connectivity index (χ1v) is 11.9. The van der Waals surface area contributed by atoms with E-state index in [9.17, 15) is 4.79 Å². The Kier molecular flexibility index (Phi) is 4.80. The predicted octanol–water partition coefficient (Wildman–Crippen LogP) is 1.60. The number of pyridine rings is 1. The molecule has 0 aromatic carbocycles. The summed E-state index contributed by atoms with van der Waals surface area (Å²) in [6.45, 7) is 7.32. The van der Waals surface area contributed by atoms with Crippen LogP contribution in [0.1, 0.15) is 45.0 Å². The van der Waals surface area contributed by atoms with Crippen molar-refractivity contribution in [2.45, 2.75) is 51.2 Å². The number of hydrogen-bond acceptors (Lipinski definition) is 7. The molecule has 1 amide bonds. The number of aromatic amines is 1. The van der Waals surface area contributed by atoms with Gasteiger partial charge < -0.3 is 14.6 Å². The third-order valence-electron chi connectivity index (χ3n) is 8.45. The van der Waals surface area contributed by atoms with Gasteiger partial charge in [0.05, 0.1) is 42.7 Å². The summed E-state index contributed by atoms with van der Waals surface area (Å²) in [5, 5.41) is 0. The highest BCUT2D eigenvalue weighted by Gasteiger charge is 2.59. The molecule has 32 heavy (non-hydrogen) atoms. The highest BCUT2D eigenvalue weighted by atomic mass is 16.5. The number of amides is 1. The van der Waals surface area contributed by atoms with Crippen LogP contribution in [0.5, 0.6) is 0 Å². The lowest BCUT2D eigenvalue weighted by molar-refractivity contribution is -0.124. The second-order valence-corrected chi connectivity index (χ2v) is 10.4. The van der Waals surface area contributed by atoms with Crippen LogP contribution in [-0.2, 0) is 9.53 Å². The average molecular weight is 440 g/mol. The number of rotatable bonds is 4. The molecule has 4 heterocycles. The third kappa shape index (κ3) is 3.34. The highest BCUT2D eigenvalue weighted by Crippen LogP contribution is 2.64. The van der Waals surface area contributed by atoms with Gasteiger partial charge in [-0.1, -0.05) is 6.92 Å². The fourth-order valence-electron chi connectivity index (χ4n) is 6.14. The maximum atomic E-state index is 13.1. The molecule has 2 aliphatic heterocycles. The number of carbonyl (C=O) groups is 1. The summed E-state index contributed by atoms with van der Waals surface area (Å²) in [6, 6.07) is 2.47. The van der Waals surface area contributed by atoms with Gasteiger partial charge in [-0.2, -0.15) is 0 Å². The molecule has 2 saturated heterocycles. The summed E-state index contributed by atoms with van der Waals surface area (Å²) < 4.78 is 5.42. The second kappa shape index (κ2) is 7.48. The molecule has 0 radical (unpaired) electrons. The smallest absolute Gasteiger partial charge is 0.243 e. The SMILES string of the molecule is C[C@@H](C(=O)N(C)c1cnc2nc(C3NNC4C[C@]5(C)C[C@@H]5CC43)[nH]c2c1)N1CCOCC1. The number of ether oxygens (including phenoxy) is 1. The Hall–Kier alpha value is -2.07. The van der Waals surface area contributed by atoms with Crippen LogP contribution in [0.25, 0.3) is 11.2 Å². The van der Waals surface area contributed by atoms with Crippen molar-refractivity contribution in [3.63, 3.8) is 0 Å². The fourth-order valence-corrected chi connectivity index (χ4v) is 6.14.